The lowest BCUT2D eigenvalue weighted by atomic mass is 10.1. The van der Waals surface area contributed by atoms with E-state index in [9.17, 15) is 0 Å². The highest BCUT2D eigenvalue weighted by atomic mass is 14.8. The summed E-state index contributed by atoms with van der Waals surface area (Å²) in [4.78, 5) is 0. The zero-order valence-corrected chi connectivity index (χ0v) is 6.62. The van der Waals surface area contributed by atoms with Gasteiger partial charge in [0.05, 0.1) is 0 Å². The molecule has 0 fully saturated rings. The minimum Gasteiger partial charge on any atom is -0.399 e. The number of nitrogens with one attached hydrogen (secondary N) is 1. The van der Waals surface area contributed by atoms with Gasteiger partial charge < -0.3 is 11.1 Å². The molecular weight excluding hydrogens is 148 g/mol. The summed E-state index contributed by atoms with van der Waals surface area (Å²) in [5.74, 6) is 0. The maximum atomic E-state index is 5.65. The quantitative estimate of drug-likeness (QED) is 0.568. The molecule has 12 heavy (non-hydrogen) atoms. The van der Waals surface area contributed by atoms with E-state index in [-0.39, 0.29) is 0 Å². The van der Waals surface area contributed by atoms with Gasteiger partial charge in [-0.15, -0.1) is 0 Å². The van der Waals surface area contributed by atoms with Crippen LogP contribution in [-0.4, -0.2) is 0 Å². The first-order valence-electron chi connectivity index (χ1n) is 3.85. The molecule has 1 aromatic carbocycles. The average Bonchev–Trinajstić information content (AvgIpc) is 2.28. The normalized spacial score (nSPS) is 13.3. The lowest BCUT2D eigenvalue weighted by molar-refractivity contribution is 1.57. The van der Waals surface area contributed by atoms with Gasteiger partial charge in [-0.3, -0.25) is 0 Å². The second-order valence-electron chi connectivity index (χ2n) is 2.71. The van der Waals surface area contributed by atoms with Crippen LogP contribution in [0.15, 0.2) is 36.6 Å². The van der Waals surface area contributed by atoms with Crippen molar-refractivity contribution in [2.45, 2.75) is 0 Å². The molecule has 0 unspecified atom stereocenters. The van der Waals surface area contributed by atoms with Gasteiger partial charge in [-0.05, 0) is 29.8 Å². The number of hydrogen-bond acceptors (Lipinski definition) is 2. The van der Waals surface area contributed by atoms with Gasteiger partial charge in [-0.2, -0.15) is 0 Å². The summed E-state index contributed by atoms with van der Waals surface area (Å²) in [5, 5.41) is 3.15. The third-order valence-electron chi connectivity index (χ3n) is 1.80. The second-order valence-corrected chi connectivity index (χ2v) is 2.71. The van der Waals surface area contributed by atoms with E-state index in [2.05, 4.69) is 5.32 Å². The first-order chi connectivity index (χ1) is 5.86. The highest BCUT2D eigenvalue weighted by Crippen LogP contribution is 2.21. The molecule has 2 rings (SSSR count). The van der Waals surface area contributed by atoms with Crippen molar-refractivity contribution in [3.05, 3.63) is 42.1 Å². The van der Waals surface area contributed by atoms with Gasteiger partial charge in [0.1, 0.15) is 0 Å². The van der Waals surface area contributed by atoms with Crippen LogP contribution in [0.1, 0.15) is 5.56 Å². The SMILES string of the molecule is Nc1ccc2c(c1)C=CC=CN2. The Morgan fingerprint density at radius 1 is 1.17 bits per heavy atom. The molecule has 1 aliphatic heterocycles. The maximum absolute atomic E-state index is 5.65. The van der Waals surface area contributed by atoms with Crippen LogP contribution in [0.3, 0.4) is 0 Å². The van der Waals surface area contributed by atoms with Crippen molar-refractivity contribution in [2.24, 2.45) is 0 Å². The largest absolute Gasteiger partial charge is 0.399 e. The van der Waals surface area contributed by atoms with E-state index in [1.54, 1.807) is 0 Å². The Balaban J connectivity index is 2.53. The highest BCUT2D eigenvalue weighted by molar-refractivity contribution is 5.72. The Hall–Kier alpha value is -1.70. The molecule has 0 radical (unpaired) electrons. The summed E-state index contributed by atoms with van der Waals surface area (Å²) in [6.45, 7) is 0. The van der Waals surface area contributed by atoms with Gasteiger partial charge in [0.2, 0.25) is 0 Å². The average molecular weight is 158 g/mol. The van der Waals surface area contributed by atoms with Crippen molar-refractivity contribution in [1.29, 1.82) is 0 Å². The Morgan fingerprint density at radius 3 is 3.00 bits per heavy atom. The number of nitrogens with two attached hydrogens (primary N) is 1. The smallest absolute Gasteiger partial charge is 0.0454 e. The predicted octanol–water partition coefficient (Wildman–Crippen LogP) is 2.22. The van der Waals surface area contributed by atoms with Crippen molar-refractivity contribution < 1.29 is 0 Å². The first-order valence-corrected chi connectivity index (χ1v) is 3.85. The molecule has 0 aromatic heterocycles. The fraction of sp³-hybridized carbons (Fsp3) is 0. The lowest BCUT2D eigenvalue weighted by Crippen LogP contribution is -1.91. The number of anilines is 2. The fourth-order valence-corrected chi connectivity index (χ4v) is 1.20. The van der Waals surface area contributed by atoms with Crippen molar-refractivity contribution in [3.63, 3.8) is 0 Å². The molecule has 3 N–H and O–H groups in total. The molecule has 0 saturated carbocycles. The Morgan fingerprint density at radius 2 is 2.08 bits per heavy atom. The number of fused-ring (bicyclic) bond motifs is 1. The zero-order chi connectivity index (χ0) is 8.39. The Labute approximate surface area is 71.4 Å². The molecule has 1 heterocycles. The van der Waals surface area contributed by atoms with E-state index < -0.39 is 0 Å². The molecule has 0 amide bonds. The minimum absolute atomic E-state index is 0.794. The van der Waals surface area contributed by atoms with E-state index in [4.69, 9.17) is 5.73 Å². The summed E-state index contributed by atoms with van der Waals surface area (Å²) in [6, 6.07) is 5.81. The summed E-state index contributed by atoms with van der Waals surface area (Å²) in [6.07, 6.45) is 7.87. The third-order valence-corrected chi connectivity index (χ3v) is 1.80. The van der Waals surface area contributed by atoms with E-state index in [1.165, 1.54) is 0 Å². The van der Waals surface area contributed by atoms with Gasteiger partial charge in [-0.25, -0.2) is 0 Å². The van der Waals surface area contributed by atoms with Gasteiger partial charge >= 0.3 is 0 Å². The molecular formula is C10H10N2. The van der Waals surface area contributed by atoms with Crippen LogP contribution in [-0.2, 0) is 0 Å². The van der Waals surface area contributed by atoms with Crippen LogP contribution in [0.2, 0.25) is 0 Å². The molecule has 1 aromatic rings. The standard InChI is InChI=1S/C10H10N2/c11-9-4-5-10-8(7-9)3-1-2-6-12-10/h1-7,12H,11H2. The van der Waals surface area contributed by atoms with Gasteiger partial charge in [0.15, 0.2) is 0 Å². The molecule has 0 bridgehead atoms. The van der Waals surface area contributed by atoms with E-state index in [1.807, 2.05) is 42.6 Å². The zero-order valence-electron chi connectivity index (χ0n) is 6.62. The van der Waals surface area contributed by atoms with Crippen LogP contribution in [0.4, 0.5) is 11.4 Å². The first kappa shape index (κ1) is 6.98. The van der Waals surface area contributed by atoms with Crippen molar-refractivity contribution >= 4 is 17.5 Å². The number of rotatable bonds is 0. The summed E-state index contributed by atoms with van der Waals surface area (Å²) < 4.78 is 0. The molecule has 1 aliphatic rings. The van der Waals surface area contributed by atoms with Crippen molar-refractivity contribution in [2.75, 3.05) is 11.1 Å². The van der Waals surface area contributed by atoms with Crippen molar-refractivity contribution in [3.8, 4) is 0 Å². The van der Waals surface area contributed by atoms with E-state index in [0.29, 0.717) is 0 Å². The molecule has 2 heteroatoms. The monoisotopic (exact) mass is 158 g/mol. The predicted molar refractivity (Wildman–Crippen MR) is 52.7 cm³/mol. The van der Waals surface area contributed by atoms with E-state index in [0.717, 1.165) is 16.9 Å². The van der Waals surface area contributed by atoms with Gasteiger partial charge in [0.25, 0.3) is 0 Å². The maximum Gasteiger partial charge on any atom is 0.0454 e. The Kier molecular flexibility index (Phi) is 1.59. The molecule has 0 atom stereocenters. The summed E-state index contributed by atoms with van der Waals surface area (Å²) >= 11 is 0. The fourth-order valence-electron chi connectivity index (χ4n) is 1.20. The molecule has 0 aliphatic carbocycles. The molecule has 0 spiro atoms. The van der Waals surface area contributed by atoms with Crippen LogP contribution >= 0.6 is 0 Å². The van der Waals surface area contributed by atoms with Gasteiger partial charge in [0, 0.05) is 17.6 Å². The number of nitrogen functional groups attached to an aromatic ring is 1. The third kappa shape index (κ3) is 1.19. The van der Waals surface area contributed by atoms with E-state index >= 15 is 0 Å². The minimum atomic E-state index is 0.794. The number of hydrogen-bond donors (Lipinski definition) is 2. The number of benzene rings is 1. The summed E-state index contributed by atoms with van der Waals surface area (Å²) in [7, 11) is 0. The molecule has 2 nitrogen and oxygen atoms in total. The Bertz CT molecular complexity index is 351. The topological polar surface area (TPSA) is 38.0 Å². The lowest BCUT2D eigenvalue weighted by Gasteiger charge is -2.04. The molecule has 60 valence electrons. The van der Waals surface area contributed by atoms with Crippen LogP contribution in [0.5, 0.6) is 0 Å². The highest BCUT2D eigenvalue weighted by Gasteiger charge is 1.98. The van der Waals surface area contributed by atoms with Gasteiger partial charge in [-0.1, -0.05) is 12.2 Å². The number of allylic oxidation sites excluding steroid dienone is 2. The second kappa shape index (κ2) is 2.74. The van der Waals surface area contributed by atoms with Crippen LogP contribution in [0.25, 0.3) is 6.08 Å². The molecule has 0 saturated heterocycles. The van der Waals surface area contributed by atoms with Crippen LogP contribution < -0.4 is 11.1 Å². The summed E-state index contributed by atoms with van der Waals surface area (Å²) in [5.41, 5.74) is 8.66. The van der Waals surface area contributed by atoms with Crippen LogP contribution in [0, 0.1) is 0 Å². The van der Waals surface area contributed by atoms with Crippen molar-refractivity contribution in [1.82, 2.24) is 0 Å².